The summed E-state index contributed by atoms with van der Waals surface area (Å²) in [5.41, 5.74) is 1.10. The summed E-state index contributed by atoms with van der Waals surface area (Å²) in [4.78, 5) is 2.35. The summed E-state index contributed by atoms with van der Waals surface area (Å²) in [5, 5.41) is 4.38. The molecule has 0 radical (unpaired) electrons. The van der Waals surface area contributed by atoms with E-state index < -0.39 is 0 Å². The van der Waals surface area contributed by atoms with E-state index in [-0.39, 0.29) is 12.2 Å². The molecule has 0 aromatic carbocycles. The van der Waals surface area contributed by atoms with Gasteiger partial charge in [0.1, 0.15) is 0 Å². The van der Waals surface area contributed by atoms with Crippen LogP contribution >= 0.6 is 11.6 Å². The Hall–Kier alpha value is -0.580. The van der Waals surface area contributed by atoms with E-state index in [9.17, 15) is 0 Å². The van der Waals surface area contributed by atoms with Crippen molar-refractivity contribution < 1.29 is 4.74 Å². The number of hydrogen-bond acceptors (Lipinski definition) is 3. The predicted molar refractivity (Wildman–Crippen MR) is 63.5 cm³/mol. The number of nitrogens with zero attached hydrogens (tertiary/aromatic N) is 3. The maximum Gasteiger partial charge on any atom is 0.0841 e. The average molecular weight is 244 g/mol. The molecule has 0 bridgehead atoms. The van der Waals surface area contributed by atoms with Gasteiger partial charge in [0, 0.05) is 38.8 Å². The van der Waals surface area contributed by atoms with Crippen LogP contribution < -0.4 is 0 Å². The standard InChI is InChI=1S/C11H18ClN3O/c1-9-6-15(8-11(5-12)16-9)7-10-3-4-14(2)13-10/h3-4,9,11H,5-8H2,1-2H3. The number of morpholine rings is 1. The van der Waals surface area contributed by atoms with Crippen LogP contribution in [0.25, 0.3) is 0 Å². The van der Waals surface area contributed by atoms with Crippen molar-refractivity contribution in [3.63, 3.8) is 0 Å². The lowest BCUT2D eigenvalue weighted by Gasteiger charge is -2.35. The molecule has 1 aromatic rings. The van der Waals surface area contributed by atoms with Gasteiger partial charge in [0.2, 0.25) is 0 Å². The van der Waals surface area contributed by atoms with Crippen molar-refractivity contribution in [2.24, 2.45) is 7.05 Å². The van der Waals surface area contributed by atoms with E-state index in [1.165, 1.54) is 0 Å². The van der Waals surface area contributed by atoms with E-state index in [0.29, 0.717) is 5.88 Å². The molecule has 5 heteroatoms. The van der Waals surface area contributed by atoms with E-state index in [1.54, 1.807) is 0 Å². The Kier molecular flexibility index (Phi) is 3.84. The number of rotatable bonds is 3. The van der Waals surface area contributed by atoms with Gasteiger partial charge in [0.15, 0.2) is 0 Å². The zero-order chi connectivity index (χ0) is 11.5. The maximum absolute atomic E-state index is 5.85. The van der Waals surface area contributed by atoms with E-state index in [1.807, 2.05) is 17.9 Å². The molecule has 16 heavy (non-hydrogen) atoms. The number of hydrogen-bond donors (Lipinski definition) is 0. The highest BCUT2D eigenvalue weighted by atomic mass is 35.5. The van der Waals surface area contributed by atoms with Gasteiger partial charge in [-0.3, -0.25) is 9.58 Å². The third-order valence-electron chi connectivity index (χ3n) is 2.73. The van der Waals surface area contributed by atoms with Gasteiger partial charge in [0.25, 0.3) is 0 Å². The molecule has 0 amide bonds. The van der Waals surface area contributed by atoms with Crippen molar-refractivity contribution in [3.8, 4) is 0 Å². The molecule has 90 valence electrons. The van der Waals surface area contributed by atoms with Crippen LogP contribution in [0.4, 0.5) is 0 Å². The lowest BCUT2D eigenvalue weighted by molar-refractivity contribution is -0.0692. The zero-order valence-corrected chi connectivity index (χ0v) is 10.5. The Morgan fingerprint density at radius 2 is 2.38 bits per heavy atom. The van der Waals surface area contributed by atoms with Crippen LogP contribution in [0.5, 0.6) is 0 Å². The molecule has 0 N–H and O–H groups in total. The summed E-state index contributed by atoms with van der Waals surface area (Å²) in [6.45, 7) is 4.81. The molecule has 2 rings (SSSR count). The van der Waals surface area contributed by atoms with Gasteiger partial charge in [-0.15, -0.1) is 11.6 Å². The van der Waals surface area contributed by atoms with Crippen molar-refractivity contribution >= 4 is 11.6 Å². The number of ether oxygens (including phenoxy) is 1. The van der Waals surface area contributed by atoms with Gasteiger partial charge in [-0.2, -0.15) is 5.10 Å². The van der Waals surface area contributed by atoms with Gasteiger partial charge < -0.3 is 4.74 Å². The predicted octanol–water partition coefficient (Wildman–Crippen LogP) is 1.25. The minimum Gasteiger partial charge on any atom is -0.371 e. The summed E-state index contributed by atoms with van der Waals surface area (Å²) < 4.78 is 7.54. The van der Waals surface area contributed by atoms with Crippen LogP contribution in [0.3, 0.4) is 0 Å². The lowest BCUT2D eigenvalue weighted by atomic mass is 10.2. The fourth-order valence-electron chi connectivity index (χ4n) is 2.13. The smallest absolute Gasteiger partial charge is 0.0841 e. The molecule has 0 spiro atoms. The SMILES string of the molecule is CC1CN(Cc2ccn(C)n2)CC(CCl)O1. The molecule has 4 nitrogen and oxygen atoms in total. The molecule has 1 aliphatic rings. The van der Waals surface area contributed by atoms with Crippen molar-refractivity contribution in [1.82, 2.24) is 14.7 Å². The molecule has 1 aliphatic heterocycles. The second-order valence-electron chi connectivity index (χ2n) is 4.40. The first-order valence-electron chi connectivity index (χ1n) is 5.59. The largest absolute Gasteiger partial charge is 0.371 e. The number of halogens is 1. The lowest BCUT2D eigenvalue weighted by Crippen LogP contribution is -2.46. The highest BCUT2D eigenvalue weighted by Gasteiger charge is 2.24. The summed E-state index contributed by atoms with van der Waals surface area (Å²) in [5.74, 6) is 0.559. The van der Waals surface area contributed by atoms with Gasteiger partial charge in [-0.1, -0.05) is 0 Å². The normalized spacial score (nSPS) is 27.2. The average Bonchev–Trinajstić information content (AvgIpc) is 2.63. The first kappa shape index (κ1) is 11.9. The van der Waals surface area contributed by atoms with E-state index in [0.717, 1.165) is 25.3 Å². The van der Waals surface area contributed by atoms with Crippen molar-refractivity contribution in [2.75, 3.05) is 19.0 Å². The van der Waals surface area contributed by atoms with Crippen LogP contribution in [-0.4, -0.2) is 45.9 Å². The fraction of sp³-hybridized carbons (Fsp3) is 0.727. The summed E-state index contributed by atoms with van der Waals surface area (Å²) >= 11 is 5.85. The van der Waals surface area contributed by atoms with Gasteiger partial charge in [0.05, 0.1) is 17.9 Å². The number of aromatic nitrogens is 2. The Bertz CT molecular complexity index is 342. The van der Waals surface area contributed by atoms with Crippen molar-refractivity contribution in [1.29, 1.82) is 0 Å². The summed E-state index contributed by atoms with van der Waals surface area (Å²) in [6.07, 6.45) is 2.37. The minimum absolute atomic E-state index is 0.147. The molecular weight excluding hydrogens is 226 g/mol. The third-order valence-corrected chi connectivity index (χ3v) is 3.07. The Morgan fingerprint density at radius 3 is 3.00 bits per heavy atom. The minimum atomic E-state index is 0.147. The van der Waals surface area contributed by atoms with Crippen LogP contribution in [0.2, 0.25) is 0 Å². The van der Waals surface area contributed by atoms with Gasteiger partial charge in [-0.25, -0.2) is 0 Å². The highest BCUT2D eigenvalue weighted by molar-refractivity contribution is 6.18. The molecule has 2 atom stereocenters. The van der Waals surface area contributed by atoms with Gasteiger partial charge in [-0.05, 0) is 13.0 Å². The van der Waals surface area contributed by atoms with Crippen LogP contribution in [-0.2, 0) is 18.3 Å². The first-order chi connectivity index (χ1) is 7.67. The number of aryl methyl sites for hydroxylation is 1. The molecule has 0 aliphatic carbocycles. The van der Waals surface area contributed by atoms with Crippen LogP contribution in [0.1, 0.15) is 12.6 Å². The van der Waals surface area contributed by atoms with Crippen LogP contribution in [0, 0.1) is 0 Å². The topological polar surface area (TPSA) is 30.3 Å². The zero-order valence-electron chi connectivity index (χ0n) is 9.77. The van der Waals surface area contributed by atoms with E-state index in [2.05, 4.69) is 23.0 Å². The third kappa shape index (κ3) is 2.97. The second kappa shape index (κ2) is 5.17. The first-order valence-corrected chi connectivity index (χ1v) is 6.13. The molecular formula is C11H18ClN3O. The quantitative estimate of drug-likeness (QED) is 0.749. The monoisotopic (exact) mass is 243 g/mol. The molecule has 1 saturated heterocycles. The summed E-state index contributed by atoms with van der Waals surface area (Å²) in [6, 6.07) is 2.05. The Balaban J connectivity index is 1.93. The molecule has 1 fully saturated rings. The fourth-order valence-corrected chi connectivity index (χ4v) is 2.30. The van der Waals surface area contributed by atoms with Gasteiger partial charge >= 0.3 is 0 Å². The maximum atomic E-state index is 5.85. The molecule has 1 aromatic heterocycles. The molecule has 0 saturated carbocycles. The van der Waals surface area contributed by atoms with Crippen molar-refractivity contribution in [3.05, 3.63) is 18.0 Å². The molecule has 2 heterocycles. The van der Waals surface area contributed by atoms with Crippen molar-refractivity contribution in [2.45, 2.75) is 25.7 Å². The number of alkyl halides is 1. The molecule has 2 unspecified atom stereocenters. The van der Waals surface area contributed by atoms with Crippen LogP contribution in [0.15, 0.2) is 12.3 Å². The highest BCUT2D eigenvalue weighted by Crippen LogP contribution is 2.14. The Morgan fingerprint density at radius 1 is 1.56 bits per heavy atom. The summed E-state index contributed by atoms with van der Waals surface area (Å²) in [7, 11) is 1.94. The van der Waals surface area contributed by atoms with E-state index >= 15 is 0 Å². The second-order valence-corrected chi connectivity index (χ2v) is 4.71. The Labute approximate surface area is 101 Å². The van der Waals surface area contributed by atoms with E-state index in [4.69, 9.17) is 16.3 Å².